The van der Waals surface area contributed by atoms with Gasteiger partial charge in [0.25, 0.3) is 0 Å². The Labute approximate surface area is 99.3 Å². The molecule has 1 aromatic rings. The lowest BCUT2D eigenvalue weighted by atomic mass is 10.4. The number of H-pyrrole nitrogens is 1. The number of aromatic nitrogens is 2. The van der Waals surface area contributed by atoms with Gasteiger partial charge in [-0.1, -0.05) is 0 Å². The summed E-state index contributed by atoms with van der Waals surface area (Å²) in [5.41, 5.74) is 1.05. The zero-order chi connectivity index (χ0) is 12.0. The van der Waals surface area contributed by atoms with Crippen molar-refractivity contribution in [1.29, 1.82) is 0 Å². The number of imidazole rings is 1. The van der Waals surface area contributed by atoms with Crippen molar-refractivity contribution in [2.45, 2.75) is 6.92 Å². The summed E-state index contributed by atoms with van der Waals surface area (Å²) in [6, 6.07) is -0.177. The van der Waals surface area contributed by atoms with Gasteiger partial charge in [-0.25, -0.2) is 9.78 Å². The van der Waals surface area contributed by atoms with Crippen LogP contribution in [0.3, 0.4) is 0 Å². The first-order chi connectivity index (χ1) is 7.65. The first-order valence-electron chi connectivity index (χ1n) is 4.95. The summed E-state index contributed by atoms with van der Waals surface area (Å²) < 4.78 is 2.66. The molecule has 0 saturated heterocycles. The van der Waals surface area contributed by atoms with Gasteiger partial charge in [0.15, 0.2) is 0 Å². The molecular weight excluding hydrogens is 226 g/mol. The number of nitrogens with one attached hydrogen (secondary N) is 3. The standard InChI is InChI=1S/C9H17N5OS/c1-7-8(12-6-11-7)14(3)4-5-16-13-9(15)10-2/h6H,4-5H2,1-3H3,(H,11,12)(H2,10,13,15). The van der Waals surface area contributed by atoms with E-state index in [-0.39, 0.29) is 6.03 Å². The van der Waals surface area contributed by atoms with Crippen molar-refractivity contribution in [1.82, 2.24) is 20.0 Å². The zero-order valence-corrected chi connectivity index (χ0v) is 10.5. The van der Waals surface area contributed by atoms with Crippen LogP contribution in [0.25, 0.3) is 0 Å². The maximum Gasteiger partial charge on any atom is 0.324 e. The van der Waals surface area contributed by atoms with Crippen LogP contribution in [-0.2, 0) is 0 Å². The predicted molar refractivity (Wildman–Crippen MR) is 66.6 cm³/mol. The van der Waals surface area contributed by atoms with E-state index in [0.29, 0.717) is 0 Å². The van der Waals surface area contributed by atoms with Gasteiger partial charge in [-0.2, -0.15) is 0 Å². The highest BCUT2D eigenvalue weighted by Crippen LogP contribution is 2.12. The molecule has 0 aliphatic rings. The number of carbonyl (C=O) groups is 1. The highest BCUT2D eigenvalue weighted by molar-refractivity contribution is 7.97. The molecule has 0 aliphatic heterocycles. The number of anilines is 1. The van der Waals surface area contributed by atoms with Crippen molar-refractivity contribution in [3.8, 4) is 0 Å². The molecule has 0 atom stereocenters. The number of urea groups is 1. The lowest BCUT2D eigenvalue weighted by Gasteiger charge is -2.16. The average Bonchev–Trinajstić information content (AvgIpc) is 2.70. The van der Waals surface area contributed by atoms with Crippen LogP contribution in [0.2, 0.25) is 0 Å². The van der Waals surface area contributed by atoms with Crippen LogP contribution in [0.4, 0.5) is 10.6 Å². The van der Waals surface area contributed by atoms with Gasteiger partial charge in [-0.15, -0.1) is 0 Å². The average molecular weight is 243 g/mol. The monoisotopic (exact) mass is 243 g/mol. The van der Waals surface area contributed by atoms with Crippen LogP contribution in [0.5, 0.6) is 0 Å². The molecule has 0 spiro atoms. The van der Waals surface area contributed by atoms with Crippen molar-refractivity contribution < 1.29 is 4.79 Å². The normalized spacial score (nSPS) is 9.94. The Morgan fingerprint density at radius 3 is 3.00 bits per heavy atom. The molecule has 6 nitrogen and oxygen atoms in total. The molecular formula is C9H17N5OS. The Hall–Kier alpha value is -1.37. The quantitative estimate of drug-likeness (QED) is 0.526. The Balaban J connectivity index is 2.23. The predicted octanol–water partition coefficient (Wildman–Crippen LogP) is 0.732. The van der Waals surface area contributed by atoms with Crippen molar-refractivity contribution in [2.75, 3.05) is 31.3 Å². The van der Waals surface area contributed by atoms with Gasteiger partial charge in [0.05, 0.1) is 12.0 Å². The van der Waals surface area contributed by atoms with E-state index < -0.39 is 0 Å². The molecule has 16 heavy (non-hydrogen) atoms. The molecule has 1 heterocycles. The molecule has 0 fully saturated rings. The lowest BCUT2D eigenvalue weighted by Crippen LogP contribution is -2.29. The maximum atomic E-state index is 10.9. The van der Waals surface area contributed by atoms with Crippen molar-refractivity contribution in [3.63, 3.8) is 0 Å². The summed E-state index contributed by atoms with van der Waals surface area (Å²) in [6.45, 7) is 2.80. The minimum atomic E-state index is -0.177. The summed E-state index contributed by atoms with van der Waals surface area (Å²) in [5, 5.41) is 2.49. The minimum Gasteiger partial charge on any atom is -0.357 e. The van der Waals surface area contributed by atoms with E-state index in [2.05, 4.69) is 20.0 Å². The smallest absolute Gasteiger partial charge is 0.324 e. The third-order valence-electron chi connectivity index (χ3n) is 2.09. The van der Waals surface area contributed by atoms with Crippen LogP contribution >= 0.6 is 11.9 Å². The highest BCUT2D eigenvalue weighted by atomic mass is 32.2. The summed E-state index contributed by atoms with van der Waals surface area (Å²) in [7, 11) is 3.57. The fourth-order valence-electron chi connectivity index (χ4n) is 1.19. The number of carbonyl (C=O) groups excluding carboxylic acids is 1. The highest BCUT2D eigenvalue weighted by Gasteiger charge is 2.06. The van der Waals surface area contributed by atoms with Crippen LogP contribution in [0, 0.1) is 6.92 Å². The van der Waals surface area contributed by atoms with Gasteiger partial charge >= 0.3 is 6.03 Å². The number of aromatic amines is 1. The molecule has 0 aromatic carbocycles. The Morgan fingerprint density at radius 2 is 2.44 bits per heavy atom. The Morgan fingerprint density at radius 1 is 1.69 bits per heavy atom. The van der Waals surface area contributed by atoms with Gasteiger partial charge in [-0.05, 0) is 18.9 Å². The van der Waals surface area contributed by atoms with Gasteiger partial charge in [0.2, 0.25) is 0 Å². The maximum absolute atomic E-state index is 10.9. The number of amides is 2. The summed E-state index contributed by atoms with van der Waals surface area (Å²) in [4.78, 5) is 20.1. The minimum absolute atomic E-state index is 0.177. The second-order valence-corrected chi connectivity index (χ2v) is 4.20. The van der Waals surface area contributed by atoms with Gasteiger partial charge in [-0.3, -0.25) is 4.72 Å². The molecule has 0 bridgehead atoms. The van der Waals surface area contributed by atoms with Crippen molar-refractivity contribution in [2.24, 2.45) is 0 Å². The molecule has 0 saturated carbocycles. The molecule has 2 amide bonds. The topological polar surface area (TPSA) is 73.1 Å². The fourth-order valence-corrected chi connectivity index (χ4v) is 1.89. The fraction of sp³-hybridized carbons (Fsp3) is 0.556. The molecule has 0 aliphatic carbocycles. The molecule has 0 radical (unpaired) electrons. The lowest BCUT2D eigenvalue weighted by molar-refractivity contribution is 0.248. The van der Waals surface area contributed by atoms with Gasteiger partial charge in [0, 0.05) is 26.4 Å². The molecule has 1 aromatic heterocycles. The Kier molecular flexibility index (Phi) is 4.97. The molecule has 0 unspecified atom stereocenters. The summed E-state index contributed by atoms with van der Waals surface area (Å²) in [6.07, 6.45) is 1.68. The second-order valence-electron chi connectivity index (χ2n) is 3.30. The van der Waals surface area contributed by atoms with E-state index >= 15 is 0 Å². The number of hydrogen-bond donors (Lipinski definition) is 3. The number of aryl methyl sites for hydroxylation is 1. The summed E-state index contributed by atoms with van der Waals surface area (Å²) >= 11 is 1.38. The van der Waals surface area contributed by atoms with Crippen LogP contribution in [0.1, 0.15) is 5.69 Å². The van der Waals surface area contributed by atoms with Crippen molar-refractivity contribution in [3.05, 3.63) is 12.0 Å². The number of nitrogens with zero attached hydrogens (tertiary/aromatic N) is 2. The molecule has 7 heteroatoms. The van der Waals surface area contributed by atoms with Gasteiger partial charge in [0.1, 0.15) is 5.82 Å². The second kappa shape index (κ2) is 6.26. The molecule has 1 rings (SSSR count). The van der Waals surface area contributed by atoms with E-state index in [1.54, 1.807) is 13.4 Å². The third kappa shape index (κ3) is 3.65. The SMILES string of the molecule is CNC(=O)NSCCN(C)c1nc[nH]c1C. The molecule has 90 valence electrons. The Bertz CT molecular complexity index is 340. The zero-order valence-electron chi connectivity index (χ0n) is 9.70. The molecule has 3 N–H and O–H groups in total. The van der Waals surface area contributed by atoms with E-state index in [0.717, 1.165) is 23.8 Å². The number of rotatable bonds is 5. The first-order valence-corrected chi connectivity index (χ1v) is 5.94. The van der Waals surface area contributed by atoms with E-state index in [1.165, 1.54) is 11.9 Å². The van der Waals surface area contributed by atoms with Crippen LogP contribution in [-0.4, -0.2) is 42.4 Å². The van der Waals surface area contributed by atoms with Gasteiger partial charge < -0.3 is 15.2 Å². The van der Waals surface area contributed by atoms with Crippen molar-refractivity contribution >= 4 is 23.8 Å². The van der Waals surface area contributed by atoms with Crippen LogP contribution < -0.4 is 14.9 Å². The van der Waals surface area contributed by atoms with E-state index in [4.69, 9.17) is 0 Å². The van der Waals surface area contributed by atoms with E-state index in [1.807, 2.05) is 18.9 Å². The van der Waals surface area contributed by atoms with E-state index in [9.17, 15) is 4.79 Å². The third-order valence-corrected chi connectivity index (χ3v) is 2.80. The van der Waals surface area contributed by atoms with Crippen LogP contribution in [0.15, 0.2) is 6.33 Å². The largest absolute Gasteiger partial charge is 0.357 e. The number of hydrogen-bond acceptors (Lipinski definition) is 4. The summed E-state index contributed by atoms with van der Waals surface area (Å²) in [5.74, 6) is 1.75. The first kappa shape index (κ1) is 12.7.